The van der Waals surface area contributed by atoms with Crippen LogP contribution in [0.15, 0.2) is 6.07 Å². The van der Waals surface area contributed by atoms with E-state index in [0.29, 0.717) is 12.5 Å². The van der Waals surface area contributed by atoms with Crippen molar-refractivity contribution in [3.05, 3.63) is 21.4 Å². The lowest BCUT2D eigenvalue weighted by Gasteiger charge is -2.32. The minimum absolute atomic E-state index is 0.0205. The number of amides is 2. The Kier molecular flexibility index (Phi) is 6.13. The van der Waals surface area contributed by atoms with E-state index in [2.05, 4.69) is 16.7 Å². The van der Waals surface area contributed by atoms with Crippen molar-refractivity contribution in [3.63, 3.8) is 0 Å². The molecule has 0 aromatic carbocycles. The Bertz CT molecular complexity index is 657. The Morgan fingerprint density at radius 2 is 2.04 bits per heavy atom. The molecule has 3 heterocycles. The maximum atomic E-state index is 13.0. The van der Waals surface area contributed by atoms with Crippen LogP contribution in [0.1, 0.15) is 65.1 Å². The summed E-state index contributed by atoms with van der Waals surface area (Å²) in [6.07, 6.45) is 10.2. The number of nitrogens with one attached hydrogen (secondary N) is 2. The zero-order valence-corrected chi connectivity index (χ0v) is 16.9. The summed E-state index contributed by atoms with van der Waals surface area (Å²) in [5.74, 6) is 0.686. The first-order chi connectivity index (χ1) is 13.2. The van der Waals surface area contributed by atoms with Crippen molar-refractivity contribution in [2.24, 2.45) is 5.92 Å². The van der Waals surface area contributed by atoms with Crippen LogP contribution in [0.3, 0.4) is 0 Å². The summed E-state index contributed by atoms with van der Waals surface area (Å²) in [4.78, 5) is 29.6. The summed E-state index contributed by atoms with van der Waals surface area (Å²) < 4.78 is 0. The van der Waals surface area contributed by atoms with Gasteiger partial charge in [0.1, 0.15) is 0 Å². The van der Waals surface area contributed by atoms with Crippen LogP contribution in [0.5, 0.6) is 0 Å². The molecule has 2 amide bonds. The standard InChI is InChI=1S/C21H31N3O2S/c25-20(17-8-4-10-22-17)23-13-15-6-5-11-24(14-15)21(26)19-12-16-7-2-1-3-9-18(16)27-19/h12,15,17,22H,1-11,13-14H2,(H,23,25). The molecule has 2 saturated heterocycles. The van der Waals surface area contributed by atoms with Gasteiger partial charge < -0.3 is 15.5 Å². The summed E-state index contributed by atoms with van der Waals surface area (Å²) in [6.45, 7) is 3.23. The minimum Gasteiger partial charge on any atom is -0.354 e. The number of carbonyl (C=O) groups excluding carboxylic acids is 2. The number of rotatable bonds is 4. The third-order valence-electron chi connectivity index (χ3n) is 6.21. The highest BCUT2D eigenvalue weighted by atomic mass is 32.1. The van der Waals surface area contributed by atoms with E-state index < -0.39 is 0 Å². The molecule has 2 N–H and O–H groups in total. The highest BCUT2D eigenvalue weighted by molar-refractivity contribution is 7.14. The van der Waals surface area contributed by atoms with Crippen LogP contribution in [-0.4, -0.2) is 48.9 Å². The second-order valence-electron chi connectivity index (χ2n) is 8.27. The molecule has 3 aliphatic rings. The molecule has 0 spiro atoms. The zero-order valence-electron chi connectivity index (χ0n) is 16.1. The quantitative estimate of drug-likeness (QED) is 0.779. The molecule has 5 nitrogen and oxygen atoms in total. The number of fused-ring (bicyclic) bond motifs is 1. The van der Waals surface area contributed by atoms with E-state index in [1.165, 1.54) is 29.7 Å². The second kappa shape index (κ2) is 8.74. The van der Waals surface area contributed by atoms with E-state index in [1.807, 2.05) is 4.90 Å². The topological polar surface area (TPSA) is 61.4 Å². The summed E-state index contributed by atoms with van der Waals surface area (Å²) in [5.41, 5.74) is 1.41. The molecule has 1 aromatic heterocycles. The lowest BCUT2D eigenvalue weighted by molar-refractivity contribution is -0.123. The van der Waals surface area contributed by atoms with E-state index in [4.69, 9.17) is 0 Å². The summed E-state index contributed by atoms with van der Waals surface area (Å²) in [7, 11) is 0. The van der Waals surface area contributed by atoms with Crippen LogP contribution >= 0.6 is 11.3 Å². The van der Waals surface area contributed by atoms with Gasteiger partial charge in [-0.1, -0.05) is 6.42 Å². The maximum Gasteiger partial charge on any atom is 0.263 e. The van der Waals surface area contributed by atoms with E-state index in [9.17, 15) is 9.59 Å². The Labute approximate surface area is 165 Å². The fourth-order valence-corrected chi connectivity index (χ4v) is 5.84. The van der Waals surface area contributed by atoms with Gasteiger partial charge in [0.2, 0.25) is 5.91 Å². The van der Waals surface area contributed by atoms with Crippen LogP contribution in [-0.2, 0) is 17.6 Å². The number of hydrogen-bond donors (Lipinski definition) is 2. The number of piperidine rings is 1. The SMILES string of the molecule is O=C(NCC1CCCN(C(=O)c2cc3c(s2)CCCCC3)C1)C1CCCN1. The van der Waals surface area contributed by atoms with Gasteiger partial charge in [-0.05, 0) is 75.5 Å². The Balaban J connectivity index is 1.32. The molecule has 2 atom stereocenters. The van der Waals surface area contributed by atoms with Crippen molar-refractivity contribution < 1.29 is 9.59 Å². The van der Waals surface area contributed by atoms with Gasteiger partial charge >= 0.3 is 0 Å². The molecule has 2 unspecified atom stereocenters. The van der Waals surface area contributed by atoms with Crippen molar-refractivity contribution in [1.29, 1.82) is 0 Å². The maximum absolute atomic E-state index is 13.0. The van der Waals surface area contributed by atoms with Gasteiger partial charge in [-0.15, -0.1) is 11.3 Å². The molecule has 1 aromatic rings. The molecule has 2 aliphatic heterocycles. The third kappa shape index (κ3) is 4.54. The number of nitrogens with zero attached hydrogens (tertiary/aromatic N) is 1. The number of hydrogen-bond acceptors (Lipinski definition) is 4. The number of thiophene rings is 1. The second-order valence-corrected chi connectivity index (χ2v) is 9.41. The van der Waals surface area contributed by atoms with Crippen molar-refractivity contribution in [2.75, 3.05) is 26.2 Å². The van der Waals surface area contributed by atoms with Gasteiger partial charge in [0.15, 0.2) is 0 Å². The number of aryl methyl sites for hydroxylation is 2. The van der Waals surface area contributed by atoms with Crippen LogP contribution in [0, 0.1) is 5.92 Å². The highest BCUT2D eigenvalue weighted by Gasteiger charge is 2.28. The monoisotopic (exact) mass is 389 g/mol. The Morgan fingerprint density at radius 1 is 1.15 bits per heavy atom. The van der Waals surface area contributed by atoms with Crippen molar-refractivity contribution in [1.82, 2.24) is 15.5 Å². The van der Waals surface area contributed by atoms with E-state index in [1.54, 1.807) is 11.3 Å². The van der Waals surface area contributed by atoms with E-state index in [-0.39, 0.29) is 17.9 Å². The summed E-state index contributed by atoms with van der Waals surface area (Å²) in [6, 6.07) is 2.14. The predicted octanol–water partition coefficient (Wildman–Crippen LogP) is 2.74. The van der Waals surface area contributed by atoms with Crippen LogP contribution in [0.4, 0.5) is 0 Å². The van der Waals surface area contributed by atoms with Crippen LogP contribution in [0.25, 0.3) is 0 Å². The Hall–Kier alpha value is -1.40. The molecule has 0 radical (unpaired) electrons. The molecule has 4 rings (SSSR count). The molecule has 27 heavy (non-hydrogen) atoms. The molecule has 148 valence electrons. The molecular formula is C21H31N3O2S. The van der Waals surface area contributed by atoms with E-state index >= 15 is 0 Å². The molecule has 0 bridgehead atoms. The molecular weight excluding hydrogens is 358 g/mol. The van der Waals surface area contributed by atoms with E-state index in [0.717, 1.165) is 63.0 Å². The molecule has 6 heteroatoms. The first-order valence-electron chi connectivity index (χ1n) is 10.6. The molecule has 0 saturated carbocycles. The Morgan fingerprint density at radius 3 is 2.89 bits per heavy atom. The van der Waals surface area contributed by atoms with Gasteiger partial charge in [-0.25, -0.2) is 0 Å². The first kappa shape index (κ1) is 18.9. The van der Waals surface area contributed by atoms with Gasteiger partial charge in [0.25, 0.3) is 5.91 Å². The average molecular weight is 390 g/mol. The summed E-state index contributed by atoms with van der Waals surface area (Å²) >= 11 is 1.72. The smallest absolute Gasteiger partial charge is 0.263 e. The third-order valence-corrected chi connectivity index (χ3v) is 7.43. The van der Waals surface area contributed by atoms with Gasteiger partial charge in [-0.3, -0.25) is 9.59 Å². The number of likely N-dealkylation sites (tertiary alicyclic amines) is 1. The number of carbonyl (C=O) groups is 2. The fourth-order valence-electron chi connectivity index (χ4n) is 4.62. The van der Waals surface area contributed by atoms with Gasteiger partial charge in [-0.2, -0.15) is 0 Å². The molecule has 2 fully saturated rings. The van der Waals surface area contributed by atoms with Gasteiger partial charge in [0, 0.05) is 24.5 Å². The van der Waals surface area contributed by atoms with Gasteiger partial charge in [0.05, 0.1) is 10.9 Å². The van der Waals surface area contributed by atoms with Crippen molar-refractivity contribution in [3.8, 4) is 0 Å². The lowest BCUT2D eigenvalue weighted by atomic mass is 9.97. The average Bonchev–Trinajstić information content (AvgIpc) is 3.32. The van der Waals surface area contributed by atoms with Crippen molar-refractivity contribution in [2.45, 2.75) is 63.8 Å². The fraction of sp³-hybridized carbons (Fsp3) is 0.714. The largest absolute Gasteiger partial charge is 0.354 e. The first-order valence-corrected chi connectivity index (χ1v) is 11.4. The normalized spacial score (nSPS) is 25.7. The minimum atomic E-state index is -0.0205. The summed E-state index contributed by atoms with van der Waals surface area (Å²) in [5, 5.41) is 6.35. The zero-order chi connectivity index (χ0) is 18.6. The lowest BCUT2D eigenvalue weighted by Crippen LogP contribution is -2.46. The van der Waals surface area contributed by atoms with Crippen LogP contribution in [0.2, 0.25) is 0 Å². The highest BCUT2D eigenvalue weighted by Crippen LogP contribution is 2.30. The predicted molar refractivity (Wildman–Crippen MR) is 108 cm³/mol. The van der Waals surface area contributed by atoms with Crippen molar-refractivity contribution >= 4 is 23.2 Å². The van der Waals surface area contributed by atoms with Crippen LogP contribution < -0.4 is 10.6 Å². The molecule has 1 aliphatic carbocycles.